The van der Waals surface area contributed by atoms with Crippen LogP contribution in [0.4, 0.5) is 0 Å². The maximum absolute atomic E-state index is 12.9. The van der Waals surface area contributed by atoms with Gasteiger partial charge < -0.3 is 14.4 Å². The van der Waals surface area contributed by atoms with E-state index in [0.717, 1.165) is 5.56 Å². The van der Waals surface area contributed by atoms with E-state index in [1.165, 1.54) is 6.33 Å². The summed E-state index contributed by atoms with van der Waals surface area (Å²) in [4.78, 5) is 18.9. The summed E-state index contributed by atoms with van der Waals surface area (Å²) >= 11 is 0. The molecular weight excluding hydrogens is 308 g/mol. The van der Waals surface area contributed by atoms with Gasteiger partial charge in [0, 0.05) is 31.3 Å². The minimum Gasteiger partial charge on any atom is -0.382 e. The van der Waals surface area contributed by atoms with Crippen molar-refractivity contribution in [2.45, 2.75) is 25.6 Å². The smallest absolute Gasteiger partial charge is 0.254 e. The molecule has 2 heterocycles. The predicted molar refractivity (Wildman–Crippen MR) is 88.6 cm³/mol. The average Bonchev–Trinajstić information content (AvgIpc) is 3.07. The van der Waals surface area contributed by atoms with Gasteiger partial charge in [-0.2, -0.15) is 5.10 Å². The van der Waals surface area contributed by atoms with Crippen LogP contribution in [-0.2, 0) is 9.47 Å². The van der Waals surface area contributed by atoms with E-state index in [9.17, 15) is 4.79 Å². The van der Waals surface area contributed by atoms with Crippen LogP contribution in [0, 0.1) is 0 Å². The standard InChI is InChI=1S/C17H22N4O3/c1-17(2)10-21(8-14(24-17)9-23-3)16(22)13-6-4-5-12(7-13)15-18-11-19-20-15/h4-7,11,14H,8-10H2,1-3H3,(H,18,19,20)/t14-/m1/s1. The zero-order valence-corrected chi connectivity index (χ0v) is 14.2. The Labute approximate surface area is 141 Å². The van der Waals surface area contributed by atoms with Gasteiger partial charge >= 0.3 is 0 Å². The Morgan fingerprint density at radius 1 is 1.50 bits per heavy atom. The molecule has 0 unspecified atom stereocenters. The van der Waals surface area contributed by atoms with E-state index in [1.807, 2.05) is 43.0 Å². The van der Waals surface area contributed by atoms with Crippen molar-refractivity contribution >= 4 is 5.91 Å². The summed E-state index contributed by atoms with van der Waals surface area (Å²) in [6.45, 7) is 5.49. The normalized spacial score (nSPS) is 20.1. The largest absolute Gasteiger partial charge is 0.382 e. The van der Waals surface area contributed by atoms with Crippen molar-refractivity contribution in [2.24, 2.45) is 0 Å². The third-order valence-corrected chi connectivity index (χ3v) is 3.92. The summed E-state index contributed by atoms with van der Waals surface area (Å²) in [5.41, 5.74) is 1.05. The molecule has 0 bridgehead atoms. The fourth-order valence-electron chi connectivity index (χ4n) is 3.05. The summed E-state index contributed by atoms with van der Waals surface area (Å²) in [5, 5.41) is 6.66. The van der Waals surface area contributed by atoms with E-state index in [-0.39, 0.29) is 12.0 Å². The van der Waals surface area contributed by atoms with Gasteiger partial charge in [-0.1, -0.05) is 12.1 Å². The lowest BCUT2D eigenvalue weighted by atomic mass is 10.0. The highest BCUT2D eigenvalue weighted by Gasteiger charge is 2.35. The molecule has 1 aromatic carbocycles. The van der Waals surface area contributed by atoms with Crippen LogP contribution in [0.5, 0.6) is 0 Å². The molecule has 2 aromatic rings. The van der Waals surface area contributed by atoms with Crippen molar-refractivity contribution in [1.29, 1.82) is 0 Å². The summed E-state index contributed by atoms with van der Waals surface area (Å²) in [7, 11) is 1.64. The molecule has 7 heteroatoms. The second kappa shape index (κ2) is 6.70. The van der Waals surface area contributed by atoms with Crippen LogP contribution in [0.15, 0.2) is 30.6 Å². The Kier molecular flexibility index (Phi) is 4.64. The van der Waals surface area contributed by atoms with Crippen molar-refractivity contribution < 1.29 is 14.3 Å². The SMILES string of the molecule is COC[C@H]1CN(C(=O)c2cccc(-c3ncn[nH]3)c2)CC(C)(C)O1. The van der Waals surface area contributed by atoms with Gasteiger partial charge in [0.25, 0.3) is 5.91 Å². The number of aromatic nitrogens is 3. The van der Waals surface area contributed by atoms with Crippen LogP contribution in [-0.4, -0.2) is 64.5 Å². The maximum Gasteiger partial charge on any atom is 0.254 e. The number of nitrogens with one attached hydrogen (secondary N) is 1. The third kappa shape index (κ3) is 3.63. The summed E-state index contributed by atoms with van der Waals surface area (Å²) in [5.74, 6) is 0.623. The first-order valence-electron chi connectivity index (χ1n) is 7.90. The maximum atomic E-state index is 12.9. The number of hydrogen-bond acceptors (Lipinski definition) is 5. The number of benzene rings is 1. The average molecular weight is 330 g/mol. The molecule has 1 aromatic heterocycles. The molecule has 1 aliphatic heterocycles. The number of methoxy groups -OCH3 is 1. The number of amides is 1. The first-order chi connectivity index (χ1) is 11.5. The van der Waals surface area contributed by atoms with Crippen LogP contribution < -0.4 is 0 Å². The Hall–Kier alpha value is -2.25. The molecule has 3 rings (SSSR count). The van der Waals surface area contributed by atoms with E-state index < -0.39 is 5.60 Å². The minimum absolute atomic E-state index is 0.0196. The number of aromatic amines is 1. The van der Waals surface area contributed by atoms with Gasteiger partial charge in [0.2, 0.25) is 0 Å². The molecule has 1 aliphatic rings. The highest BCUT2D eigenvalue weighted by molar-refractivity contribution is 5.95. The molecule has 24 heavy (non-hydrogen) atoms. The summed E-state index contributed by atoms with van der Waals surface area (Å²) < 4.78 is 11.2. The number of carbonyl (C=O) groups is 1. The molecule has 1 saturated heterocycles. The molecule has 0 radical (unpaired) electrons. The van der Waals surface area contributed by atoms with Crippen LogP contribution >= 0.6 is 0 Å². The highest BCUT2D eigenvalue weighted by Crippen LogP contribution is 2.24. The van der Waals surface area contributed by atoms with E-state index in [2.05, 4.69) is 15.2 Å². The molecule has 7 nitrogen and oxygen atoms in total. The van der Waals surface area contributed by atoms with Crippen LogP contribution in [0.3, 0.4) is 0 Å². The first-order valence-corrected chi connectivity index (χ1v) is 7.90. The van der Waals surface area contributed by atoms with E-state index in [1.54, 1.807) is 7.11 Å². The highest BCUT2D eigenvalue weighted by atomic mass is 16.5. The number of morpholine rings is 1. The fourth-order valence-corrected chi connectivity index (χ4v) is 3.05. The number of rotatable bonds is 4. The summed E-state index contributed by atoms with van der Waals surface area (Å²) in [6.07, 6.45) is 1.32. The lowest BCUT2D eigenvalue weighted by Gasteiger charge is -2.42. The molecule has 1 amide bonds. The van der Waals surface area contributed by atoms with Gasteiger partial charge in [-0.3, -0.25) is 9.89 Å². The van der Waals surface area contributed by atoms with Gasteiger partial charge in [-0.25, -0.2) is 4.98 Å². The van der Waals surface area contributed by atoms with Gasteiger partial charge in [-0.05, 0) is 26.0 Å². The molecule has 1 N–H and O–H groups in total. The first kappa shape index (κ1) is 16.6. The van der Waals surface area contributed by atoms with Crippen molar-refractivity contribution in [3.05, 3.63) is 36.2 Å². The molecule has 1 fully saturated rings. The topological polar surface area (TPSA) is 80.3 Å². The van der Waals surface area contributed by atoms with E-state index >= 15 is 0 Å². The van der Waals surface area contributed by atoms with Crippen molar-refractivity contribution in [2.75, 3.05) is 26.8 Å². The Morgan fingerprint density at radius 2 is 2.33 bits per heavy atom. The third-order valence-electron chi connectivity index (χ3n) is 3.92. The molecule has 0 aliphatic carbocycles. The van der Waals surface area contributed by atoms with Crippen LogP contribution in [0.2, 0.25) is 0 Å². The number of hydrogen-bond donors (Lipinski definition) is 1. The fraction of sp³-hybridized carbons (Fsp3) is 0.471. The number of nitrogens with zero attached hydrogens (tertiary/aromatic N) is 3. The predicted octanol–water partition coefficient (Wildman–Crippen LogP) is 1.74. The lowest BCUT2D eigenvalue weighted by molar-refractivity contribution is -0.143. The van der Waals surface area contributed by atoms with Crippen LogP contribution in [0.25, 0.3) is 11.4 Å². The Bertz CT molecular complexity index is 700. The monoisotopic (exact) mass is 330 g/mol. The zero-order valence-electron chi connectivity index (χ0n) is 14.2. The van der Waals surface area contributed by atoms with Gasteiger partial charge in [-0.15, -0.1) is 0 Å². The van der Waals surface area contributed by atoms with Gasteiger partial charge in [0.1, 0.15) is 6.33 Å². The molecule has 0 spiro atoms. The second-order valence-corrected chi connectivity index (χ2v) is 6.56. The Balaban J connectivity index is 1.81. The van der Waals surface area contributed by atoms with Gasteiger partial charge in [0.05, 0.1) is 18.3 Å². The Morgan fingerprint density at radius 3 is 3.04 bits per heavy atom. The molecule has 0 saturated carbocycles. The molecular formula is C17H22N4O3. The number of carbonyl (C=O) groups excluding carboxylic acids is 1. The molecule has 1 atom stereocenters. The second-order valence-electron chi connectivity index (χ2n) is 6.56. The quantitative estimate of drug-likeness (QED) is 0.923. The molecule has 128 valence electrons. The number of H-pyrrole nitrogens is 1. The van der Waals surface area contributed by atoms with E-state index in [0.29, 0.717) is 31.1 Å². The van der Waals surface area contributed by atoms with Crippen molar-refractivity contribution in [3.8, 4) is 11.4 Å². The van der Waals surface area contributed by atoms with Crippen molar-refractivity contribution in [3.63, 3.8) is 0 Å². The summed E-state index contributed by atoms with van der Waals surface area (Å²) in [6, 6.07) is 7.39. The zero-order chi connectivity index (χ0) is 17.2. The number of ether oxygens (including phenoxy) is 2. The van der Waals surface area contributed by atoms with Crippen LogP contribution in [0.1, 0.15) is 24.2 Å². The van der Waals surface area contributed by atoms with Gasteiger partial charge in [0.15, 0.2) is 5.82 Å². The minimum atomic E-state index is -0.403. The van der Waals surface area contributed by atoms with Crippen molar-refractivity contribution in [1.82, 2.24) is 20.1 Å². The van der Waals surface area contributed by atoms with E-state index in [4.69, 9.17) is 9.47 Å². The lowest BCUT2D eigenvalue weighted by Crippen LogP contribution is -2.55.